The summed E-state index contributed by atoms with van der Waals surface area (Å²) < 4.78 is 41.6. The van der Waals surface area contributed by atoms with E-state index in [4.69, 9.17) is 9.47 Å². The van der Waals surface area contributed by atoms with Crippen LogP contribution in [0.15, 0.2) is 102 Å². The normalized spacial score (nSPS) is 21.4. The predicted octanol–water partition coefficient (Wildman–Crippen LogP) is 4.14. The van der Waals surface area contributed by atoms with Gasteiger partial charge in [0.05, 0.1) is 23.7 Å². The Kier molecular flexibility index (Phi) is 8.96. The molecule has 2 saturated heterocycles. The molecular formula is C32H35N5O5S. The molecular weight excluding hydrogens is 566 g/mol. The van der Waals surface area contributed by atoms with Crippen molar-refractivity contribution in [3.63, 3.8) is 0 Å². The average molecular weight is 602 g/mol. The molecule has 2 fully saturated rings. The first kappa shape index (κ1) is 29.2. The van der Waals surface area contributed by atoms with Crippen LogP contribution in [-0.4, -0.2) is 67.2 Å². The third-order valence-corrected chi connectivity index (χ3v) is 9.15. The smallest absolute Gasteiger partial charge is 0.261 e. The van der Waals surface area contributed by atoms with Gasteiger partial charge in [-0.1, -0.05) is 54.6 Å². The van der Waals surface area contributed by atoms with E-state index in [1.165, 1.54) is 0 Å². The van der Waals surface area contributed by atoms with Gasteiger partial charge in [-0.15, -0.1) is 0 Å². The molecule has 2 N–H and O–H groups in total. The van der Waals surface area contributed by atoms with Crippen molar-refractivity contribution in [1.29, 1.82) is 0 Å². The summed E-state index contributed by atoms with van der Waals surface area (Å²) in [7, 11) is -3.75. The fraction of sp³-hybridized carbons (Fsp3) is 0.312. The first-order valence-electron chi connectivity index (χ1n) is 14.4. The fourth-order valence-corrected chi connectivity index (χ4v) is 6.54. The standard InChI is InChI=1S/C32H35N5O5S/c38-23-24-10-12-25(13-11-24)30-21-28(22-36-16-18-37(19-17-36)32-33-14-5-15-34-32)41-31(42-30)26-6-4-7-27(20-26)35-43(39,40)29-8-2-1-3-9-29/h1-15,20,28,30-31,35,38H,16-19,21-23H2/t28-,30+,31+/m1/s1. The van der Waals surface area contributed by atoms with E-state index >= 15 is 0 Å². The van der Waals surface area contributed by atoms with E-state index < -0.39 is 16.3 Å². The van der Waals surface area contributed by atoms with Crippen LogP contribution < -0.4 is 9.62 Å². The van der Waals surface area contributed by atoms with E-state index in [9.17, 15) is 13.5 Å². The molecule has 3 aromatic carbocycles. The maximum Gasteiger partial charge on any atom is 0.261 e. The number of benzene rings is 3. The van der Waals surface area contributed by atoms with Gasteiger partial charge in [-0.2, -0.15) is 0 Å². The molecule has 1 aromatic heterocycles. The van der Waals surface area contributed by atoms with Crippen molar-refractivity contribution in [2.24, 2.45) is 0 Å². The van der Waals surface area contributed by atoms with Gasteiger partial charge in [0.15, 0.2) is 6.29 Å². The second kappa shape index (κ2) is 13.2. The summed E-state index contributed by atoms with van der Waals surface area (Å²) in [6, 6.07) is 25.0. The molecule has 224 valence electrons. The zero-order chi connectivity index (χ0) is 29.6. The number of piperazine rings is 1. The highest BCUT2D eigenvalue weighted by Gasteiger charge is 2.34. The first-order chi connectivity index (χ1) is 21.0. The molecule has 4 aromatic rings. The minimum Gasteiger partial charge on any atom is -0.392 e. The van der Waals surface area contributed by atoms with Gasteiger partial charge in [-0.05, 0) is 41.5 Å². The average Bonchev–Trinajstić information content (AvgIpc) is 3.06. The summed E-state index contributed by atoms with van der Waals surface area (Å²) in [5.74, 6) is 0.749. The summed E-state index contributed by atoms with van der Waals surface area (Å²) in [5, 5.41) is 9.51. The highest BCUT2D eigenvalue weighted by atomic mass is 32.2. The number of nitrogens with one attached hydrogen (secondary N) is 1. The Bertz CT molecular complexity index is 1580. The molecule has 6 rings (SSSR count). The van der Waals surface area contributed by atoms with Crippen LogP contribution in [0.25, 0.3) is 0 Å². The molecule has 3 atom stereocenters. The lowest BCUT2D eigenvalue weighted by molar-refractivity contribution is -0.253. The SMILES string of the molecule is O=S(=O)(Nc1cccc([C@H]2O[C@@H](CN3CCN(c4ncccn4)CC3)C[C@@H](c3ccc(CO)cc3)O2)c1)c1ccccc1. The van der Waals surface area contributed by atoms with Crippen molar-refractivity contribution in [3.05, 3.63) is 114 Å². The Morgan fingerprint density at radius 1 is 0.837 bits per heavy atom. The van der Waals surface area contributed by atoms with Crippen molar-refractivity contribution >= 4 is 21.7 Å². The second-order valence-electron chi connectivity index (χ2n) is 10.7. The van der Waals surface area contributed by atoms with Crippen LogP contribution in [0.4, 0.5) is 11.6 Å². The van der Waals surface area contributed by atoms with Gasteiger partial charge in [0.2, 0.25) is 5.95 Å². The van der Waals surface area contributed by atoms with Crippen LogP contribution in [0.5, 0.6) is 0 Å². The molecule has 2 aliphatic rings. The van der Waals surface area contributed by atoms with Crippen LogP contribution >= 0.6 is 0 Å². The summed E-state index contributed by atoms with van der Waals surface area (Å²) in [4.78, 5) is 13.5. The van der Waals surface area contributed by atoms with Gasteiger partial charge in [0, 0.05) is 62.8 Å². The van der Waals surface area contributed by atoms with Gasteiger partial charge in [-0.3, -0.25) is 9.62 Å². The number of sulfonamides is 1. The van der Waals surface area contributed by atoms with E-state index in [0.29, 0.717) is 12.1 Å². The first-order valence-corrected chi connectivity index (χ1v) is 15.9. The second-order valence-corrected chi connectivity index (χ2v) is 12.4. The number of aliphatic hydroxyl groups is 1. The molecule has 0 saturated carbocycles. The molecule has 11 heteroatoms. The lowest BCUT2D eigenvalue weighted by atomic mass is 9.99. The monoisotopic (exact) mass is 601 g/mol. The maximum atomic E-state index is 13.0. The Morgan fingerprint density at radius 2 is 1.58 bits per heavy atom. The zero-order valence-electron chi connectivity index (χ0n) is 23.7. The maximum absolute atomic E-state index is 13.0. The van der Waals surface area contributed by atoms with E-state index in [1.54, 1.807) is 60.9 Å². The molecule has 0 aliphatic carbocycles. The number of aromatic nitrogens is 2. The van der Waals surface area contributed by atoms with Crippen LogP contribution in [0, 0.1) is 0 Å². The topological polar surface area (TPSA) is 117 Å². The number of aliphatic hydroxyl groups excluding tert-OH is 1. The molecule has 0 radical (unpaired) electrons. The van der Waals surface area contributed by atoms with Gasteiger partial charge in [0.25, 0.3) is 10.0 Å². The van der Waals surface area contributed by atoms with Gasteiger partial charge in [0.1, 0.15) is 0 Å². The molecule has 0 unspecified atom stereocenters. The molecule has 0 spiro atoms. The van der Waals surface area contributed by atoms with Crippen molar-refractivity contribution in [2.45, 2.75) is 36.4 Å². The van der Waals surface area contributed by atoms with Crippen molar-refractivity contribution in [1.82, 2.24) is 14.9 Å². The van der Waals surface area contributed by atoms with E-state index in [2.05, 4.69) is 24.5 Å². The summed E-state index contributed by atoms with van der Waals surface area (Å²) >= 11 is 0. The lowest BCUT2D eigenvalue weighted by Crippen LogP contribution is -2.50. The van der Waals surface area contributed by atoms with Crippen molar-refractivity contribution in [3.8, 4) is 0 Å². The minimum absolute atomic E-state index is 0.0220. The summed E-state index contributed by atoms with van der Waals surface area (Å²) in [6.45, 7) is 4.08. The molecule has 3 heterocycles. The van der Waals surface area contributed by atoms with Crippen LogP contribution in [0.1, 0.15) is 35.5 Å². The quantitative estimate of drug-likeness (QED) is 0.292. The molecule has 2 aliphatic heterocycles. The Hall–Kier alpha value is -3.87. The van der Waals surface area contributed by atoms with E-state index in [1.807, 2.05) is 36.4 Å². The Labute approximate surface area is 252 Å². The molecule has 0 amide bonds. The number of anilines is 2. The number of hydrogen-bond donors (Lipinski definition) is 2. The van der Waals surface area contributed by atoms with Gasteiger partial charge >= 0.3 is 0 Å². The van der Waals surface area contributed by atoms with Crippen LogP contribution in [-0.2, 0) is 26.1 Å². The number of rotatable bonds is 9. The van der Waals surface area contributed by atoms with Crippen LogP contribution in [0.2, 0.25) is 0 Å². The zero-order valence-corrected chi connectivity index (χ0v) is 24.5. The van der Waals surface area contributed by atoms with Gasteiger partial charge in [-0.25, -0.2) is 18.4 Å². The number of ether oxygens (including phenoxy) is 2. The highest BCUT2D eigenvalue weighted by molar-refractivity contribution is 7.92. The third-order valence-electron chi connectivity index (χ3n) is 7.75. The van der Waals surface area contributed by atoms with E-state index in [0.717, 1.165) is 55.4 Å². The summed E-state index contributed by atoms with van der Waals surface area (Å²) in [6.07, 6.45) is 3.14. The molecule has 10 nitrogen and oxygen atoms in total. The largest absolute Gasteiger partial charge is 0.392 e. The molecule has 43 heavy (non-hydrogen) atoms. The van der Waals surface area contributed by atoms with Crippen LogP contribution in [0.3, 0.4) is 0 Å². The Morgan fingerprint density at radius 3 is 2.30 bits per heavy atom. The Balaban J connectivity index is 1.19. The minimum atomic E-state index is -3.75. The number of hydrogen-bond acceptors (Lipinski definition) is 9. The van der Waals surface area contributed by atoms with Crippen molar-refractivity contribution < 1.29 is 23.0 Å². The van der Waals surface area contributed by atoms with E-state index in [-0.39, 0.29) is 23.7 Å². The predicted molar refractivity (Wildman–Crippen MR) is 163 cm³/mol. The third kappa shape index (κ3) is 7.20. The van der Waals surface area contributed by atoms with Gasteiger partial charge < -0.3 is 19.5 Å². The molecule has 0 bridgehead atoms. The lowest BCUT2D eigenvalue weighted by Gasteiger charge is -2.40. The highest BCUT2D eigenvalue weighted by Crippen LogP contribution is 2.39. The summed E-state index contributed by atoms with van der Waals surface area (Å²) in [5.41, 5.74) is 2.99. The number of nitrogens with zero attached hydrogens (tertiary/aromatic N) is 4. The van der Waals surface area contributed by atoms with Crippen molar-refractivity contribution in [2.75, 3.05) is 42.3 Å². The fourth-order valence-electron chi connectivity index (χ4n) is 5.47.